The number of aromatic nitrogens is 1. The van der Waals surface area contributed by atoms with E-state index < -0.39 is 17.8 Å². The fourth-order valence-electron chi connectivity index (χ4n) is 2.54. The summed E-state index contributed by atoms with van der Waals surface area (Å²) in [6.45, 7) is 9.61. The van der Waals surface area contributed by atoms with E-state index in [4.69, 9.17) is 9.47 Å². The number of nitrogens with one attached hydrogen (secondary N) is 1. The van der Waals surface area contributed by atoms with Crippen LogP contribution in [0.25, 0.3) is 0 Å². The number of amides is 1. The summed E-state index contributed by atoms with van der Waals surface area (Å²) in [7, 11) is 0. The second kappa shape index (κ2) is 8.36. The molecule has 0 aliphatic rings. The van der Waals surface area contributed by atoms with E-state index in [0.717, 1.165) is 0 Å². The fraction of sp³-hybridized carbons (Fsp3) is 0.562. The zero-order chi connectivity index (χ0) is 17.6. The number of rotatable bonds is 7. The molecule has 0 unspecified atom stereocenters. The molecule has 128 valence electrons. The highest BCUT2D eigenvalue weighted by Crippen LogP contribution is 2.23. The van der Waals surface area contributed by atoms with Gasteiger partial charge in [-0.25, -0.2) is 4.79 Å². The van der Waals surface area contributed by atoms with Gasteiger partial charge in [0.25, 0.3) is 5.91 Å². The van der Waals surface area contributed by atoms with Crippen molar-refractivity contribution in [3.05, 3.63) is 22.5 Å². The lowest BCUT2D eigenvalue weighted by molar-refractivity contribution is -0.141. The van der Waals surface area contributed by atoms with Crippen molar-refractivity contribution in [2.75, 3.05) is 19.8 Å². The molecule has 7 heteroatoms. The number of hydrogen-bond donors (Lipinski definition) is 1. The van der Waals surface area contributed by atoms with Gasteiger partial charge in [-0.3, -0.25) is 9.59 Å². The molecular weight excluding hydrogens is 300 g/mol. The molecule has 1 N–H and O–H groups in total. The van der Waals surface area contributed by atoms with Gasteiger partial charge in [-0.1, -0.05) is 0 Å². The van der Waals surface area contributed by atoms with E-state index in [1.807, 2.05) is 6.92 Å². The van der Waals surface area contributed by atoms with Crippen molar-refractivity contribution in [1.29, 1.82) is 0 Å². The molecule has 1 amide bonds. The number of carbonyl (C=O) groups is 3. The minimum Gasteiger partial charge on any atom is -0.465 e. The second-order valence-corrected chi connectivity index (χ2v) is 4.89. The van der Waals surface area contributed by atoms with E-state index in [9.17, 15) is 14.4 Å². The van der Waals surface area contributed by atoms with Crippen LogP contribution in [0.1, 0.15) is 52.9 Å². The summed E-state index contributed by atoms with van der Waals surface area (Å²) in [4.78, 5) is 35.9. The minimum absolute atomic E-state index is 0.211. The molecule has 0 saturated heterocycles. The number of carbonyl (C=O) groups excluding carboxylic acids is 3. The molecule has 23 heavy (non-hydrogen) atoms. The first-order valence-corrected chi connectivity index (χ1v) is 7.69. The summed E-state index contributed by atoms with van der Waals surface area (Å²) in [6.07, 6.45) is 0. The van der Waals surface area contributed by atoms with Crippen LogP contribution >= 0.6 is 0 Å². The Hall–Kier alpha value is -2.31. The van der Waals surface area contributed by atoms with Gasteiger partial charge in [-0.05, 0) is 40.2 Å². The summed E-state index contributed by atoms with van der Waals surface area (Å²) < 4.78 is 11.6. The molecule has 1 aromatic heterocycles. The average Bonchev–Trinajstić information content (AvgIpc) is 2.75. The predicted octanol–water partition coefficient (Wildman–Crippen LogP) is 1.59. The molecule has 0 atom stereocenters. The largest absolute Gasteiger partial charge is 0.465 e. The van der Waals surface area contributed by atoms with Crippen molar-refractivity contribution >= 4 is 17.8 Å². The third kappa shape index (κ3) is 4.12. The van der Waals surface area contributed by atoms with Crippen molar-refractivity contribution in [1.82, 2.24) is 9.88 Å². The summed E-state index contributed by atoms with van der Waals surface area (Å²) in [5.74, 6) is -1.37. The van der Waals surface area contributed by atoms with Crippen LogP contribution in [0.15, 0.2) is 0 Å². The van der Waals surface area contributed by atoms with E-state index in [1.165, 1.54) is 0 Å². The van der Waals surface area contributed by atoms with Crippen LogP contribution in [0.5, 0.6) is 0 Å². The monoisotopic (exact) mass is 324 g/mol. The Morgan fingerprint density at radius 3 is 2.17 bits per heavy atom. The Morgan fingerprint density at radius 2 is 1.65 bits per heavy atom. The van der Waals surface area contributed by atoms with E-state index in [2.05, 4.69) is 5.32 Å². The Morgan fingerprint density at radius 1 is 1.04 bits per heavy atom. The van der Waals surface area contributed by atoms with Gasteiger partial charge in [0, 0.05) is 12.2 Å². The molecule has 0 bridgehead atoms. The Kier molecular flexibility index (Phi) is 6.81. The lowest BCUT2D eigenvalue weighted by Gasteiger charge is -2.08. The molecule has 0 aliphatic carbocycles. The Labute approximate surface area is 135 Å². The van der Waals surface area contributed by atoms with Gasteiger partial charge in [-0.2, -0.15) is 0 Å². The zero-order valence-corrected chi connectivity index (χ0v) is 14.3. The van der Waals surface area contributed by atoms with Gasteiger partial charge in [0.05, 0.1) is 18.8 Å². The minimum atomic E-state index is -0.503. The second-order valence-electron chi connectivity index (χ2n) is 4.89. The quantitative estimate of drug-likeness (QED) is 0.770. The van der Waals surface area contributed by atoms with E-state index in [-0.39, 0.29) is 19.8 Å². The fourth-order valence-corrected chi connectivity index (χ4v) is 2.54. The van der Waals surface area contributed by atoms with Crippen molar-refractivity contribution in [2.45, 2.75) is 41.2 Å². The van der Waals surface area contributed by atoms with Gasteiger partial charge >= 0.3 is 11.9 Å². The van der Waals surface area contributed by atoms with E-state index in [1.54, 1.807) is 32.3 Å². The lowest BCUT2D eigenvalue weighted by atomic mass is 10.1. The maximum Gasteiger partial charge on any atom is 0.355 e. The smallest absolute Gasteiger partial charge is 0.355 e. The highest BCUT2D eigenvalue weighted by atomic mass is 16.5. The maximum atomic E-state index is 12.4. The first-order valence-electron chi connectivity index (χ1n) is 7.69. The number of hydrogen-bond acceptors (Lipinski definition) is 5. The molecular formula is C16H24N2O5. The number of ether oxygens (including phenoxy) is 2. The Balaban J connectivity index is 3.10. The van der Waals surface area contributed by atoms with Gasteiger partial charge in [0.1, 0.15) is 12.2 Å². The van der Waals surface area contributed by atoms with E-state index >= 15 is 0 Å². The van der Waals surface area contributed by atoms with Crippen molar-refractivity contribution < 1.29 is 23.9 Å². The Bertz CT molecular complexity index is 604. The summed E-state index contributed by atoms with van der Waals surface area (Å²) in [5, 5.41) is 2.52. The summed E-state index contributed by atoms with van der Waals surface area (Å²) in [5.41, 5.74) is 1.96. The van der Waals surface area contributed by atoms with Crippen molar-refractivity contribution in [3.63, 3.8) is 0 Å². The SMILES string of the molecule is CCOC(=O)CNC(=O)c1c(C)c(C(=O)OCC)n(CC)c1C. The summed E-state index contributed by atoms with van der Waals surface area (Å²) >= 11 is 0. The molecule has 0 fully saturated rings. The topological polar surface area (TPSA) is 86.6 Å². The third-order valence-corrected chi connectivity index (χ3v) is 3.48. The predicted molar refractivity (Wildman–Crippen MR) is 84.5 cm³/mol. The maximum absolute atomic E-state index is 12.4. The van der Waals surface area contributed by atoms with Gasteiger partial charge in [-0.15, -0.1) is 0 Å². The van der Waals surface area contributed by atoms with Crippen molar-refractivity contribution in [3.8, 4) is 0 Å². The van der Waals surface area contributed by atoms with Gasteiger partial charge in [0.2, 0.25) is 0 Å². The molecule has 1 rings (SSSR count). The first-order chi connectivity index (χ1) is 10.9. The van der Waals surface area contributed by atoms with Crippen LogP contribution in [-0.2, 0) is 20.8 Å². The lowest BCUT2D eigenvalue weighted by Crippen LogP contribution is -2.31. The third-order valence-electron chi connectivity index (χ3n) is 3.48. The standard InChI is InChI=1S/C16H24N2O5/c1-6-18-11(5)13(10(4)14(18)16(21)23-8-3)15(20)17-9-12(19)22-7-2/h6-9H2,1-5H3,(H,17,20). The molecule has 7 nitrogen and oxygen atoms in total. The molecule has 0 spiro atoms. The number of esters is 2. The number of nitrogens with zero attached hydrogens (tertiary/aromatic N) is 1. The van der Waals surface area contributed by atoms with Crippen LogP contribution in [0.4, 0.5) is 0 Å². The van der Waals surface area contributed by atoms with Crippen LogP contribution in [0, 0.1) is 13.8 Å². The molecule has 0 aromatic carbocycles. The average molecular weight is 324 g/mol. The molecule has 1 aromatic rings. The van der Waals surface area contributed by atoms with Crippen molar-refractivity contribution in [2.24, 2.45) is 0 Å². The summed E-state index contributed by atoms with van der Waals surface area (Å²) in [6, 6.07) is 0. The first kappa shape index (κ1) is 18.7. The van der Waals surface area contributed by atoms with Gasteiger partial charge in [0.15, 0.2) is 0 Å². The highest BCUT2D eigenvalue weighted by molar-refractivity contribution is 6.02. The molecule has 0 radical (unpaired) electrons. The van der Waals surface area contributed by atoms with Crippen LogP contribution < -0.4 is 5.32 Å². The van der Waals surface area contributed by atoms with Crippen LogP contribution in [0.2, 0.25) is 0 Å². The van der Waals surface area contributed by atoms with Gasteiger partial charge < -0.3 is 19.4 Å². The molecule has 1 heterocycles. The molecule has 0 saturated carbocycles. The van der Waals surface area contributed by atoms with Crippen LogP contribution in [0.3, 0.4) is 0 Å². The molecule has 0 aliphatic heterocycles. The normalized spacial score (nSPS) is 10.3. The van der Waals surface area contributed by atoms with Crippen LogP contribution in [-0.4, -0.2) is 42.2 Å². The van der Waals surface area contributed by atoms with E-state index in [0.29, 0.717) is 29.1 Å². The zero-order valence-electron chi connectivity index (χ0n) is 14.3. The highest BCUT2D eigenvalue weighted by Gasteiger charge is 2.26.